The molecule has 2 fully saturated rings. The molecule has 0 atom stereocenters. The van der Waals surface area contributed by atoms with Crippen molar-refractivity contribution in [3.63, 3.8) is 0 Å². The smallest absolute Gasteiger partial charge is 0.0159 e. The van der Waals surface area contributed by atoms with Gasteiger partial charge in [0, 0.05) is 0 Å². The molecule has 0 heteroatoms. The van der Waals surface area contributed by atoms with Crippen LogP contribution in [0.5, 0.6) is 0 Å². The van der Waals surface area contributed by atoms with Gasteiger partial charge in [-0.25, -0.2) is 0 Å². The van der Waals surface area contributed by atoms with Crippen LogP contribution in [0.4, 0.5) is 0 Å². The lowest BCUT2D eigenvalue weighted by atomic mass is 9.74. The van der Waals surface area contributed by atoms with E-state index in [0.29, 0.717) is 0 Å². The zero-order valence-electron chi connectivity index (χ0n) is 19.6. The molecule has 2 aliphatic carbocycles. The van der Waals surface area contributed by atoms with Crippen LogP contribution in [0.15, 0.2) is 42.5 Å². The van der Waals surface area contributed by atoms with Crippen molar-refractivity contribution in [2.75, 3.05) is 0 Å². The fourth-order valence-electron chi connectivity index (χ4n) is 5.94. The van der Waals surface area contributed by atoms with Gasteiger partial charge in [0.05, 0.1) is 0 Å². The molecule has 2 aromatic rings. The van der Waals surface area contributed by atoms with E-state index >= 15 is 0 Å². The Kier molecular flexibility index (Phi) is 7.34. The molecule has 0 bridgehead atoms. The summed E-state index contributed by atoms with van der Waals surface area (Å²) in [6.45, 7) is 6.97. The zero-order chi connectivity index (χ0) is 20.9. The van der Waals surface area contributed by atoms with Gasteiger partial charge in [0.1, 0.15) is 0 Å². The summed E-state index contributed by atoms with van der Waals surface area (Å²) in [5.74, 6) is 3.16. The van der Waals surface area contributed by atoms with Gasteiger partial charge in [-0.2, -0.15) is 0 Å². The molecule has 0 radical (unpaired) electrons. The van der Waals surface area contributed by atoms with Crippen molar-refractivity contribution in [1.82, 2.24) is 0 Å². The van der Waals surface area contributed by atoms with E-state index in [1.54, 1.807) is 16.7 Å². The summed E-state index contributed by atoms with van der Waals surface area (Å²) >= 11 is 0. The maximum absolute atomic E-state index is 2.61. The van der Waals surface area contributed by atoms with E-state index in [4.69, 9.17) is 0 Å². The molecule has 0 heterocycles. The van der Waals surface area contributed by atoms with Crippen molar-refractivity contribution in [2.45, 2.75) is 109 Å². The molecule has 4 rings (SSSR count). The Morgan fingerprint density at radius 1 is 0.700 bits per heavy atom. The average Bonchev–Trinajstić information content (AvgIpc) is 2.79. The Morgan fingerprint density at radius 2 is 1.30 bits per heavy atom. The first kappa shape index (κ1) is 21.7. The van der Waals surface area contributed by atoms with Gasteiger partial charge in [0.25, 0.3) is 0 Å². The average molecular weight is 403 g/mol. The topological polar surface area (TPSA) is 0 Å². The van der Waals surface area contributed by atoms with Crippen LogP contribution in [-0.4, -0.2) is 0 Å². The second kappa shape index (κ2) is 10.2. The van der Waals surface area contributed by atoms with Crippen molar-refractivity contribution in [3.05, 3.63) is 70.3 Å². The van der Waals surface area contributed by atoms with E-state index in [-0.39, 0.29) is 0 Å². The third-order valence-electron chi connectivity index (χ3n) is 8.01. The number of rotatable bonds is 6. The molecule has 30 heavy (non-hydrogen) atoms. The van der Waals surface area contributed by atoms with Crippen molar-refractivity contribution in [3.8, 4) is 0 Å². The van der Waals surface area contributed by atoms with E-state index in [1.165, 1.54) is 81.8 Å². The largest absolute Gasteiger partial charge is 0.0628 e. The van der Waals surface area contributed by atoms with Crippen LogP contribution in [0, 0.1) is 12.8 Å². The Labute approximate surface area is 185 Å². The molecule has 2 saturated carbocycles. The first-order valence-electron chi connectivity index (χ1n) is 12.8. The van der Waals surface area contributed by atoms with Crippen LogP contribution in [0.3, 0.4) is 0 Å². The molecule has 0 spiro atoms. The minimum absolute atomic E-state index is 0.767. The van der Waals surface area contributed by atoms with Crippen LogP contribution in [-0.2, 0) is 6.42 Å². The summed E-state index contributed by atoms with van der Waals surface area (Å²) in [5, 5.41) is 0. The van der Waals surface area contributed by atoms with Gasteiger partial charge < -0.3 is 0 Å². The van der Waals surface area contributed by atoms with E-state index in [9.17, 15) is 0 Å². The lowest BCUT2D eigenvalue weighted by molar-refractivity contribution is 0.395. The molecular weight excluding hydrogens is 360 g/mol. The molecule has 0 N–H and O–H groups in total. The lowest BCUT2D eigenvalue weighted by Gasteiger charge is -2.30. The second-order valence-electron chi connectivity index (χ2n) is 10.7. The van der Waals surface area contributed by atoms with Crippen molar-refractivity contribution >= 4 is 0 Å². The van der Waals surface area contributed by atoms with E-state index in [1.807, 2.05) is 0 Å². The molecule has 2 aromatic carbocycles. The van der Waals surface area contributed by atoms with Gasteiger partial charge in [0.15, 0.2) is 0 Å². The maximum atomic E-state index is 2.61. The minimum atomic E-state index is 0.767. The summed E-state index contributed by atoms with van der Waals surface area (Å²) in [5.41, 5.74) is 7.91. The molecule has 0 saturated heterocycles. The van der Waals surface area contributed by atoms with Gasteiger partial charge in [-0.3, -0.25) is 0 Å². The number of hydrogen-bond donors (Lipinski definition) is 0. The van der Waals surface area contributed by atoms with Gasteiger partial charge in [-0.15, -0.1) is 0 Å². The third kappa shape index (κ3) is 5.37. The number of benzene rings is 2. The number of hydrogen-bond acceptors (Lipinski definition) is 0. The zero-order valence-corrected chi connectivity index (χ0v) is 19.6. The van der Waals surface area contributed by atoms with Crippen molar-refractivity contribution in [1.29, 1.82) is 0 Å². The van der Waals surface area contributed by atoms with E-state index in [0.717, 1.165) is 23.7 Å². The van der Waals surface area contributed by atoms with Crippen molar-refractivity contribution in [2.24, 2.45) is 5.92 Å². The van der Waals surface area contributed by atoms with Crippen molar-refractivity contribution < 1.29 is 0 Å². The fraction of sp³-hybridized carbons (Fsp3) is 0.600. The normalized spacial score (nSPS) is 23.1. The summed E-state index contributed by atoms with van der Waals surface area (Å²) in [4.78, 5) is 0. The first-order valence-corrected chi connectivity index (χ1v) is 12.8. The summed E-state index contributed by atoms with van der Waals surface area (Å²) in [6, 6.07) is 17.1. The molecular formula is C30H42. The maximum Gasteiger partial charge on any atom is -0.0159 e. The monoisotopic (exact) mass is 402 g/mol. The molecule has 0 nitrogen and oxygen atoms in total. The predicted molar refractivity (Wildman–Crippen MR) is 131 cm³/mol. The summed E-state index contributed by atoms with van der Waals surface area (Å²) in [6.07, 6.45) is 15.0. The summed E-state index contributed by atoms with van der Waals surface area (Å²) < 4.78 is 0. The Balaban J connectivity index is 1.36. The van der Waals surface area contributed by atoms with Crippen LogP contribution >= 0.6 is 0 Å². The second-order valence-corrected chi connectivity index (χ2v) is 10.7. The highest BCUT2D eigenvalue weighted by Gasteiger charge is 2.25. The molecule has 162 valence electrons. The molecule has 0 aromatic heterocycles. The first-order chi connectivity index (χ1) is 14.6. The molecule has 0 unspecified atom stereocenters. The number of aryl methyl sites for hydroxylation is 2. The highest BCUT2D eigenvalue weighted by molar-refractivity contribution is 5.36. The van der Waals surface area contributed by atoms with Crippen LogP contribution in [0.25, 0.3) is 0 Å². The van der Waals surface area contributed by atoms with Gasteiger partial charge in [-0.05, 0) is 110 Å². The van der Waals surface area contributed by atoms with Gasteiger partial charge in [-0.1, -0.05) is 75.6 Å². The fourth-order valence-corrected chi connectivity index (χ4v) is 5.94. The Hall–Kier alpha value is -1.56. The van der Waals surface area contributed by atoms with Crippen LogP contribution < -0.4 is 0 Å². The lowest BCUT2D eigenvalue weighted by Crippen LogP contribution is -2.13. The molecule has 2 aliphatic rings. The summed E-state index contributed by atoms with van der Waals surface area (Å²) in [7, 11) is 0. The van der Waals surface area contributed by atoms with E-state index in [2.05, 4.69) is 63.2 Å². The van der Waals surface area contributed by atoms with Crippen LogP contribution in [0.2, 0.25) is 0 Å². The molecule has 0 amide bonds. The highest BCUT2D eigenvalue weighted by atomic mass is 14.3. The van der Waals surface area contributed by atoms with Gasteiger partial charge in [0.2, 0.25) is 0 Å². The van der Waals surface area contributed by atoms with E-state index < -0.39 is 0 Å². The SMILES string of the molecule is Cc1ccc(C2CCC(c3ccc(CCC(C)C)cc3)CC2)cc1C1CCCCC1. The quantitative estimate of drug-likeness (QED) is 0.452. The van der Waals surface area contributed by atoms with Crippen LogP contribution in [0.1, 0.15) is 124 Å². The standard InChI is InChI=1S/C30H42/c1-22(2)9-11-24-12-15-25(16-13-24)26-17-19-27(20-18-26)29-14-10-23(3)30(21-29)28-7-5-4-6-8-28/h10,12-16,21-22,26-28H,4-9,11,17-20H2,1-3H3. The predicted octanol–water partition coefficient (Wildman–Crippen LogP) is 9.07. The minimum Gasteiger partial charge on any atom is -0.0628 e. The Bertz CT molecular complexity index is 783. The van der Waals surface area contributed by atoms with Gasteiger partial charge >= 0.3 is 0 Å². The highest BCUT2D eigenvalue weighted by Crippen LogP contribution is 2.42. The Morgan fingerprint density at radius 3 is 1.93 bits per heavy atom. The third-order valence-corrected chi connectivity index (χ3v) is 8.01. The molecule has 0 aliphatic heterocycles.